The standard InChI is InChI=1S/C23H26N4.CH4/c1-23(2,3)27-20(13-17-14-24-19-12-8-7-11-18(17)19)22-25-15-21(26-22)16-9-5-4-6-10-16;/h4-12,14-15,20,24,27H,13H2,1-3H3,(H,25,26);1H4/t20-;/m1./s1. The molecule has 0 aliphatic heterocycles. The minimum Gasteiger partial charge on any atom is -0.361 e. The summed E-state index contributed by atoms with van der Waals surface area (Å²) in [6, 6.07) is 18.9. The highest BCUT2D eigenvalue weighted by atomic mass is 15.1. The highest BCUT2D eigenvalue weighted by Gasteiger charge is 2.23. The van der Waals surface area contributed by atoms with E-state index in [0.717, 1.165) is 23.5 Å². The quantitative estimate of drug-likeness (QED) is 0.409. The monoisotopic (exact) mass is 374 g/mol. The van der Waals surface area contributed by atoms with Crippen molar-refractivity contribution in [3.63, 3.8) is 0 Å². The van der Waals surface area contributed by atoms with Gasteiger partial charge in [-0.05, 0) is 44.4 Å². The number of aromatic nitrogens is 3. The number of fused-ring (bicyclic) bond motifs is 1. The number of rotatable bonds is 5. The first-order valence-electron chi connectivity index (χ1n) is 9.43. The Morgan fingerprint density at radius 1 is 1.00 bits per heavy atom. The molecule has 0 saturated carbocycles. The van der Waals surface area contributed by atoms with Gasteiger partial charge in [0.2, 0.25) is 0 Å². The summed E-state index contributed by atoms with van der Waals surface area (Å²) in [6.45, 7) is 6.57. The van der Waals surface area contributed by atoms with Crippen molar-refractivity contribution in [2.24, 2.45) is 0 Å². The molecule has 0 amide bonds. The molecule has 0 saturated heterocycles. The van der Waals surface area contributed by atoms with Crippen LogP contribution >= 0.6 is 0 Å². The van der Waals surface area contributed by atoms with Crippen LogP contribution in [0.5, 0.6) is 0 Å². The van der Waals surface area contributed by atoms with Gasteiger partial charge in [0.15, 0.2) is 0 Å². The molecular weight excluding hydrogens is 344 g/mol. The summed E-state index contributed by atoms with van der Waals surface area (Å²) in [6.07, 6.45) is 4.91. The van der Waals surface area contributed by atoms with E-state index in [1.807, 2.05) is 24.4 Å². The lowest BCUT2D eigenvalue weighted by atomic mass is 10.0. The molecule has 28 heavy (non-hydrogen) atoms. The largest absolute Gasteiger partial charge is 0.361 e. The van der Waals surface area contributed by atoms with Gasteiger partial charge in [0.1, 0.15) is 5.82 Å². The Balaban J connectivity index is 0.00000225. The van der Waals surface area contributed by atoms with Crippen molar-refractivity contribution in [3.05, 3.63) is 78.4 Å². The third-order valence-corrected chi connectivity index (χ3v) is 4.72. The van der Waals surface area contributed by atoms with Crippen molar-refractivity contribution < 1.29 is 0 Å². The molecule has 0 aliphatic carbocycles. The summed E-state index contributed by atoms with van der Waals surface area (Å²) in [5, 5.41) is 5.00. The fourth-order valence-corrected chi connectivity index (χ4v) is 3.54. The van der Waals surface area contributed by atoms with Crippen molar-refractivity contribution >= 4 is 10.9 Å². The van der Waals surface area contributed by atoms with E-state index in [4.69, 9.17) is 4.98 Å². The van der Waals surface area contributed by atoms with E-state index < -0.39 is 0 Å². The van der Waals surface area contributed by atoms with E-state index >= 15 is 0 Å². The first kappa shape index (κ1) is 19.9. The van der Waals surface area contributed by atoms with Crippen molar-refractivity contribution in [2.75, 3.05) is 0 Å². The predicted molar refractivity (Wildman–Crippen MR) is 118 cm³/mol. The minimum absolute atomic E-state index is 0. The Morgan fingerprint density at radius 3 is 2.46 bits per heavy atom. The van der Waals surface area contributed by atoms with Gasteiger partial charge in [-0.15, -0.1) is 0 Å². The maximum Gasteiger partial charge on any atom is 0.124 e. The van der Waals surface area contributed by atoms with Gasteiger partial charge in [-0.25, -0.2) is 4.98 Å². The van der Waals surface area contributed by atoms with Gasteiger partial charge < -0.3 is 15.3 Å². The molecule has 2 aromatic carbocycles. The number of benzene rings is 2. The molecule has 2 aromatic heterocycles. The first-order chi connectivity index (χ1) is 13.0. The number of hydrogen-bond acceptors (Lipinski definition) is 2. The van der Waals surface area contributed by atoms with Gasteiger partial charge in [0.05, 0.1) is 17.9 Å². The molecule has 0 spiro atoms. The van der Waals surface area contributed by atoms with Crippen LogP contribution in [-0.4, -0.2) is 20.5 Å². The first-order valence-corrected chi connectivity index (χ1v) is 9.43. The summed E-state index contributed by atoms with van der Waals surface area (Å²) >= 11 is 0. The van der Waals surface area contributed by atoms with Gasteiger partial charge in [-0.3, -0.25) is 0 Å². The molecule has 0 bridgehead atoms. The van der Waals surface area contributed by atoms with Crippen molar-refractivity contribution in [2.45, 2.75) is 46.2 Å². The molecule has 146 valence electrons. The molecule has 0 aliphatic rings. The highest BCUT2D eigenvalue weighted by molar-refractivity contribution is 5.83. The molecule has 0 fully saturated rings. The number of aromatic amines is 2. The van der Waals surface area contributed by atoms with Crippen LogP contribution in [0.3, 0.4) is 0 Å². The molecule has 0 unspecified atom stereocenters. The fraction of sp³-hybridized carbons (Fsp3) is 0.292. The van der Waals surface area contributed by atoms with Gasteiger partial charge in [-0.2, -0.15) is 0 Å². The topological polar surface area (TPSA) is 56.5 Å². The molecule has 1 atom stereocenters. The van der Waals surface area contributed by atoms with Crippen LogP contribution in [0.1, 0.15) is 45.6 Å². The Hall–Kier alpha value is -2.85. The maximum atomic E-state index is 4.71. The van der Waals surface area contributed by atoms with Crippen LogP contribution in [0.2, 0.25) is 0 Å². The lowest BCUT2D eigenvalue weighted by Gasteiger charge is -2.27. The summed E-state index contributed by atoms with van der Waals surface area (Å²) in [5.74, 6) is 0.967. The molecule has 4 heteroatoms. The van der Waals surface area contributed by atoms with E-state index in [2.05, 4.69) is 78.7 Å². The molecule has 4 rings (SSSR count). The van der Waals surface area contributed by atoms with Gasteiger partial charge in [-0.1, -0.05) is 56.0 Å². The smallest absolute Gasteiger partial charge is 0.124 e. The molecule has 4 aromatic rings. The normalized spacial score (nSPS) is 12.7. The van der Waals surface area contributed by atoms with E-state index in [1.54, 1.807) is 0 Å². The van der Waals surface area contributed by atoms with Crippen molar-refractivity contribution in [3.8, 4) is 11.3 Å². The second-order valence-electron chi connectivity index (χ2n) is 8.06. The molecule has 0 radical (unpaired) electrons. The van der Waals surface area contributed by atoms with Crippen LogP contribution in [0.25, 0.3) is 22.2 Å². The Labute approximate surface area is 167 Å². The number of imidazole rings is 1. The third-order valence-electron chi connectivity index (χ3n) is 4.72. The zero-order chi connectivity index (χ0) is 18.9. The SMILES string of the molecule is C.CC(C)(C)N[C@H](Cc1c[nH]c2ccccc12)c1ncc(-c2ccccc2)[nH]1. The molecule has 3 N–H and O–H groups in total. The predicted octanol–water partition coefficient (Wildman–Crippen LogP) is 5.87. The lowest BCUT2D eigenvalue weighted by Crippen LogP contribution is -2.40. The van der Waals surface area contributed by atoms with Crippen LogP contribution < -0.4 is 5.32 Å². The second-order valence-corrected chi connectivity index (χ2v) is 8.06. The van der Waals surface area contributed by atoms with Gasteiger partial charge >= 0.3 is 0 Å². The summed E-state index contributed by atoms with van der Waals surface area (Å²) in [7, 11) is 0. The number of nitrogens with one attached hydrogen (secondary N) is 3. The summed E-state index contributed by atoms with van der Waals surface area (Å²) < 4.78 is 0. The lowest BCUT2D eigenvalue weighted by molar-refractivity contribution is 0.353. The Morgan fingerprint density at radius 2 is 1.71 bits per heavy atom. The number of hydrogen-bond donors (Lipinski definition) is 3. The van der Waals surface area contributed by atoms with Crippen molar-refractivity contribution in [1.29, 1.82) is 0 Å². The zero-order valence-corrected chi connectivity index (χ0v) is 16.1. The van der Waals surface area contributed by atoms with Crippen LogP contribution in [0, 0.1) is 0 Å². The average molecular weight is 375 g/mol. The van der Waals surface area contributed by atoms with Crippen molar-refractivity contribution in [1.82, 2.24) is 20.3 Å². The maximum absolute atomic E-state index is 4.71. The highest BCUT2D eigenvalue weighted by Crippen LogP contribution is 2.26. The number of H-pyrrole nitrogens is 2. The zero-order valence-electron chi connectivity index (χ0n) is 16.1. The van der Waals surface area contributed by atoms with E-state index in [0.29, 0.717) is 0 Å². The second kappa shape index (κ2) is 8.03. The number of nitrogens with zero attached hydrogens (tertiary/aromatic N) is 1. The summed E-state index contributed by atoms with van der Waals surface area (Å²) in [5.41, 5.74) is 4.65. The van der Waals surface area contributed by atoms with E-state index in [9.17, 15) is 0 Å². The molecule has 2 heterocycles. The fourth-order valence-electron chi connectivity index (χ4n) is 3.54. The van der Waals surface area contributed by atoms with Gasteiger partial charge in [0.25, 0.3) is 0 Å². The minimum atomic E-state index is -0.0174. The van der Waals surface area contributed by atoms with E-state index in [1.165, 1.54) is 16.5 Å². The Kier molecular flexibility index (Phi) is 5.71. The molecular formula is C24H30N4. The van der Waals surface area contributed by atoms with E-state index in [-0.39, 0.29) is 19.0 Å². The third kappa shape index (κ3) is 4.34. The molecule has 4 nitrogen and oxygen atoms in total. The van der Waals surface area contributed by atoms with Crippen LogP contribution in [0.4, 0.5) is 0 Å². The number of para-hydroxylation sites is 1. The Bertz CT molecular complexity index is 1020. The average Bonchev–Trinajstić information content (AvgIpc) is 3.29. The van der Waals surface area contributed by atoms with Gasteiger partial charge in [0, 0.05) is 22.6 Å². The van der Waals surface area contributed by atoms with Crippen LogP contribution in [-0.2, 0) is 6.42 Å². The summed E-state index contributed by atoms with van der Waals surface area (Å²) in [4.78, 5) is 11.6. The van der Waals surface area contributed by atoms with Crippen LogP contribution in [0.15, 0.2) is 67.0 Å².